The second-order valence-corrected chi connectivity index (χ2v) is 9.79. The molecule has 0 saturated carbocycles. The van der Waals surface area contributed by atoms with Crippen LogP contribution in [-0.4, -0.2) is 56.3 Å². The molecule has 2 fully saturated rings. The largest absolute Gasteiger partial charge is 0.478 e. The van der Waals surface area contributed by atoms with Crippen LogP contribution in [0.15, 0.2) is 66.7 Å². The van der Waals surface area contributed by atoms with Crippen LogP contribution >= 0.6 is 0 Å². The quantitative estimate of drug-likeness (QED) is 0.362. The van der Waals surface area contributed by atoms with Crippen LogP contribution in [0.2, 0.25) is 0 Å². The van der Waals surface area contributed by atoms with E-state index in [1.54, 1.807) is 12.1 Å². The molecule has 0 amide bonds. The van der Waals surface area contributed by atoms with Crippen molar-refractivity contribution in [1.29, 1.82) is 0 Å². The summed E-state index contributed by atoms with van der Waals surface area (Å²) in [6.07, 6.45) is 3.20. The number of carboxylic acids is 1. The molecule has 8 nitrogen and oxygen atoms in total. The van der Waals surface area contributed by atoms with Crippen molar-refractivity contribution in [2.45, 2.75) is 44.4 Å². The third-order valence-corrected chi connectivity index (χ3v) is 7.34. The maximum Gasteiger partial charge on any atom is 0.335 e. The van der Waals surface area contributed by atoms with Crippen molar-refractivity contribution in [2.24, 2.45) is 0 Å². The number of hydrogen-bond acceptors (Lipinski definition) is 6. The fourth-order valence-corrected chi connectivity index (χ4v) is 5.17. The zero-order valence-corrected chi connectivity index (χ0v) is 20.6. The molecule has 2 aromatic carbocycles. The van der Waals surface area contributed by atoms with Gasteiger partial charge in [-0.15, -0.1) is 0 Å². The van der Waals surface area contributed by atoms with Crippen LogP contribution in [0.3, 0.4) is 0 Å². The van der Waals surface area contributed by atoms with Gasteiger partial charge >= 0.3 is 5.97 Å². The van der Waals surface area contributed by atoms with Gasteiger partial charge in [-0.2, -0.15) is 0 Å². The summed E-state index contributed by atoms with van der Waals surface area (Å²) >= 11 is 0. The van der Waals surface area contributed by atoms with Gasteiger partial charge in [0.25, 0.3) is 0 Å². The molecule has 0 radical (unpaired) electrons. The van der Waals surface area contributed by atoms with Gasteiger partial charge in [-0.1, -0.05) is 24.3 Å². The summed E-state index contributed by atoms with van der Waals surface area (Å²) in [5.74, 6) is 1.83. The minimum atomic E-state index is -0.926. The van der Waals surface area contributed by atoms with E-state index in [1.165, 1.54) is 0 Å². The summed E-state index contributed by atoms with van der Waals surface area (Å²) in [5, 5.41) is 9.48. The van der Waals surface area contributed by atoms with Gasteiger partial charge in [0.2, 0.25) is 5.88 Å². The van der Waals surface area contributed by atoms with E-state index in [1.807, 2.05) is 48.5 Å². The van der Waals surface area contributed by atoms with E-state index >= 15 is 0 Å². The lowest BCUT2D eigenvalue weighted by Crippen LogP contribution is -2.35. The zero-order valence-electron chi connectivity index (χ0n) is 20.6. The van der Waals surface area contributed by atoms with Crippen LogP contribution in [-0.2, 0) is 17.8 Å². The number of carboxylic acid groups (broad SMARTS) is 1. The first kappa shape index (κ1) is 23.6. The molecule has 0 aliphatic carbocycles. The molecule has 4 aromatic rings. The predicted molar refractivity (Wildman–Crippen MR) is 139 cm³/mol. The summed E-state index contributed by atoms with van der Waals surface area (Å²) in [7, 11) is 0. The number of rotatable bonds is 8. The Hall–Kier alpha value is -3.75. The number of carbonyl (C=O) groups is 1. The normalized spacial score (nSPS) is 18.5. The number of benzene rings is 2. The van der Waals surface area contributed by atoms with Gasteiger partial charge in [-0.3, -0.25) is 4.90 Å². The van der Waals surface area contributed by atoms with Gasteiger partial charge < -0.3 is 19.1 Å². The molecule has 6 rings (SSSR count). The van der Waals surface area contributed by atoms with E-state index in [2.05, 4.69) is 15.5 Å². The number of aromatic nitrogens is 3. The molecule has 0 bridgehead atoms. The van der Waals surface area contributed by atoms with Gasteiger partial charge in [0.15, 0.2) is 0 Å². The Morgan fingerprint density at radius 1 is 1.00 bits per heavy atom. The summed E-state index contributed by atoms with van der Waals surface area (Å²) in [5.41, 5.74) is 3.04. The minimum absolute atomic E-state index is 0.159. The Bertz CT molecular complexity index is 1390. The maximum atomic E-state index is 11.6. The van der Waals surface area contributed by atoms with Gasteiger partial charge in [0.1, 0.15) is 11.6 Å². The molecule has 2 aliphatic heterocycles. The van der Waals surface area contributed by atoms with Crippen LogP contribution in [0.25, 0.3) is 11.0 Å². The molecule has 37 heavy (non-hydrogen) atoms. The number of piperidine rings is 1. The van der Waals surface area contributed by atoms with Crippen molar-refractivity contribution < 1.29 is 19.4 Å². The maximum absolute atomic E-state index is 11.6. The van der Waals surface area contributed by atoms with Crippen molar-refractivity contribution in [3.8, 4) is 11.6 Å². The van der Waals surface area contributed by atoms with Crippen molar-refractivity contribution in [3.05, 3.63) is 83.8 Å². The topological polar surface area (TPSA) is 89.7 Å². The monoisotopic (exact) mass is 498 g/mol. The first-order valence-electron chi connectivity index (χ1n) is 12.9. The molecule has 0 spiro atoms. The molecule has 2 aliphatic rings. The number of hydrogen-bond donors (Lipinski definition) is 1. The first-order valence-corrected chi connectivity index (χ1v) is 12.9. The number of likely N-dealkylation sites (tertiary alicyclic amines) is 1. The highest BCUT2D eigenvalue weighted by atomic mass is 16.5. The van der Waals surface area contributed by atoms with Crippen LogP contribution in [0, 0.1) is 0 Å². The van der Waals surface area contributed by atoms with E-state index in [9.17, 15) is 9.90 Å². The second-order valence-electron chi connectivity index (χ2n) is 9.79. The van der Waals surface area contributed by atoms with Crippen LogP contribution in [0.5, 0.6) is 11.6 Å². The molecule has 2 saturated heterocycles. The number of aromatic carboxylic acids is 1. The van der Waals surface area contributed by atoms with E-state index in [0.717, 1.165) is 73.8 Å². The summed E-state index contributed by atoms with van der Waals surface area (Å²) in [4.78, 5) is 23.7. The molecule has 190 valence electrons. The second kappa shape index (κ2) is 10.3. The van der Waals surface area contributed by atoms with E-state index in [4.69, 9.17) is 19.4 Å². The highest BCUT2D eigenvalue weighted by Gasteiger charge is 2.26. The standard InChI is InChI=1S/C29H30N4O4/c34-29(35)21-9-10-25-26(17-21)33(18-23-13-16-36-23)27(30-25)19-32-14-11-20(12-15-32)24-7-4-8-28(31-24)37-22-5-2-1-3-6-22/h1-10,17,20,23H,11-16,18-19H2,(H,34,35). The van der Waals surface area contributed by atoms with Crippen LogP contribution in [0.4, 0.5) is 0 Å². The molecule has 1 N–H and O–H groups in total. The van der Waals surface area contributed by atoms with E-state index < -0.39 is 5.97 Å². The number of para-hydroxylation sites is 1. The lowest BCUT2D eigenvalue weighted by atomic mass is 9.93. The van der Waals surface area contributed by atoms with Gasteiger partial charge in [0.05, 0.1) is 35.8 Å². The Labute approximate surface area is 215 Å². The van der Waals surface area contributed by atoms with E-state index in [0.29, 0.717) is 18.3 Å². The number of fused-ring (bicyclic) bond motifs is 1. The number of ether oxygens (including phenoxy) is 2. The average molecular weight is 499 g/mol. The average Bonchev–Trinajstić information content (AvgIpc) is 3.23. The molecule has 1 unspecified atom stereocenters. The van der Waals surface area contributed by atoms with Crippen molar-refractivity contribution in [1.82, 2.24) is 19.4 Å². The highest BCUT2D eigenvalue weighted by molar-refractivity contribution is 5.92. The minimum Gasteiger partial charge on any atom is -0.478 e. The number of nitrogens with zero attached hydrogens (tertiary/aromatic N) is 4. The van der Waals surface area contributed by atoms with Crippen molar-refractivity contribution in [2.75, 3.05) is 19.7 Å². The van der Waals surface area contributed by atoms with Gasteiger partial charge in [0, 0.05) is 24.3 Å². The molecular formula is C29H30N4O4. The van der Waals surface area contributed by atoms with E-state index in [-0.39, 0.29) is 11.7 Å². The van der Waals surface area contributed by atoms with Crippen molar-refractivity contribution >= 4 is 17.0 Å². The molecule has 4 heterocycles. The third-order valence-electron chi connectivity index (χ3n) is 7.34. The Morgan fingerprint density at radius 2 is 1.81 bits per heavy atom. The lowest BCUT2D eigenvalue weighted by Gasteiger charge is -2.32. The summed E-state index contributed by atoms with van der Waals surface area (Å²) in [6.45, 7) is 4.09. The molecule has 8 heteroatoms. The van der Waals surface area contributed by atoms with Gasteiger partial charge in [-0.05, 0) is 68.8 Å². The number of imidazole rings is 1. The fourth-order valence-electron chi connectivity index (χ4n) is 5.17. The SMILES string of the molecule is O=C(O)c1ccc2nc(CN3CCC(c4cccc(Oc5ccccc5)n4)CC3)n(CC3CCO3)c2c1. The molecular weight excluding hydrogens is 468 g/mol. The summed E-state index contributed by atoms with van der Waals surface area (Å²) < 4.78 is 13.8. The van der Waals surface area contributed by atoms with Crippen LogP contribution in [0.1, 0.15) is 47.1 Å². The summed E-state index contributed by atoms with van der Waals surface area (Å²) in [6, 6.07) is 20.9. The highest BCUT2D eigenvalue weighted by Crippen LogP contribution is 2.30. The first-order chi connectivity index (χ1) is 18.1. The fraction of sp³-hybridized carbons (Fsp3) is 0.345. The molecule has 2 aromatic heterocycles. The smallest absolute Gasteiger partial charge is 0.335 e. The van der Waals surface area contributed by atoms with Crippen molar-refractivity contribution in [3.63, 3.8) is 0 Å². The predicted octanol–water partition coefficient (Wildman–Crippen LogP) is 5.09. The Morgan fingerprint density at radius 3 is 2.54 bits per heavy atom. The Balaban J connectivity index is 1.15. The zero-order chi connectivity index (χ0) is 25.2. The Kier molecular flexibility index (Phi) is 6.59. The number of pyridine rings is 1. The lowest BCUT2D eigenvalue weighted by molar-refractivity contribution is -0.0592. The third kappa shape index (κ3) is 5.21. The molecule has 1 atom stereocenters. The van der Waals surface area contributed by atoms with Gasteiger partial charge in [-0.25, -0.2) is 14.8 Å². The van der Waals surface area contributed by atoms with Crippen LogP contribution < -0.4 is 4.74 Å².